The number of phenols is 1. The van der Waals surface area contributed by atoms with Gasteiger partial charge in [0.05, 0.1) is 6.54 Å². The Morgan fingerprint density at radius 3 is 2.86 bits per heavy atom. The van der Waals surface area contributed by atoms with E-state index >= 15 is 0 Å². The third-order valence-corrected chi connectivity index (χ3v) is 4.93. The van der Waals surface area contributed by atoms with E-state index in [9.17, 15) is 14.7 Å². The van der Waals surface area contributed by atoms with Crippen LogP contribution in [0.15, 0.2) is 48.5 Å². The van der Waals surface area contributed by atoms with Crippen LogP contribution in [0.25, 0.3) is 10.9 Å². The first-order chi connectivity index (χ1) is 13.6. The van der Waals surface area contributed by atoms with Crippen LogP contribution < -0.4 is 10.6 Å². The molecule has 1 aliphatic rings. The van der Waals surface area contributed by atoms with Crippen LogP contribution in [-0.2, 0) is 17.8 Å². The van der Waals surface area contributed by atoms with E-state index in [-0.39, 0.29) is 30.7 Å². The number of aromatic hydroxyl groups is 1. The molecule has 3 aromatic rings. The second kappa shape index (κ2) is 7.64. The number of fused-ring (bicyclic) bond motifs is 3. The molecule has 0 atom stereocenters. The maximum Gasteiger partial charge on any atom is 0.317 e. The van der Waals surface area contributed by atoms with Crippen molar-refractivity contribution in [1.29, 1.82) is 0 Å². The maximum atomic E-state index is 12.4. The molecule has 0 bridgehead atoms. The number of nitrogens with one attached hydrogen (secondary N) is 3. The Hall–Kier alpha value is -3.48. The molecule has 2 heterocycles. The lowest BCUT2D eigenvalue weighted by Gasteiger charge is -2.27. The van der Waals surface area contributed by atoms with E-state index in [1.165, 1.54) is 23.1 Å². The number of para-hydroxylation sites is 1. The maximum absolute atomic E-state index is 12.4. The van der Waals surface area contributed by atoms with Gasteiger partial charge in [-0.3, -0.25) is 4.79 Å². The van der Waals surface area contributed by atoms with E-state index in [4.69, 9.17) is 0 Å². The summed E-state index contributed by atoms with van der Waals surface area (Å²) >= 11 is 0. The van der Waals surface area contributed by atoms with Gasteiger partial charge in [-0.25, -0.2) is 4.79 Å². The highest BCUT2D eigenvalue weighted by atomic mass is 16.3. The molecule has 144 valence electrons. The van der Waals surface area contributed by atoms with Gasteiger partial charge in [-0.1, -0.05) is 24.3 Å². The standard InChI is InChI=1S/C21H22N4O3/c26-15-5-3-4-14(12-15)23-20(27)8-10-22-21(28)25-11-9-17-16-6-1-2-7-18(16)24-19(17)13-25/h1-7,12,24,26H,8-11,13H2,(H,22,28)(H,23,27). The van der Waals surface area contributed by atoms with E-state index in [1.54, 1.807) is 17.0 Å². The van der Waals surface area contributed by atoms with Crippen LogP contribution >= 0.6 is 0 Å². The first-order valence-electron chi connectivity index (χ1n) is 9.30. The lowest BCUT2D eigenvalue weighted by molar-refractivity contribution is -0.116. The smallest absolute Gasteiger partial charge is 0.317 e. The topological polar surface area (TPSA) is 97.5 Å². The molecule has 0 fully saturated rings. The molecule has 0 saturated carbocycles. The Kier molecular flexibility index (Phi) is 4.89. The molecule has 3 amide bonds. The summed E-state index contributed by atoms with van der Waals surface area (Å²) in [6, 6.07) is 14.4. The Balaban J connectivity index is 1.28. The quantitative estimate of drug-likeness (QED) is 0.562. The average molecular weight is 378 g/mol. The number of phenolic OH excluding ortho intramolecular Hbond substituents is 1. The fourth-order valence-electron chi connectivity index (χ4n) is 3.57. The number of urea groups is 1. The molecule has 1 aliphatic heterocycles. The first-order valence-corrected chi connectivity index (χ1v) is 9.30. The summed E-state index contributed by atoms with van der Waals surface area (Å²) in [5.74, 6) is -0.130. The number of carbonyl (C=O) groups excluding carboxylic acids is 2. The normalized spacial score (nSPS) is 13.2. The molecule has 28 heavy (non-hydrogen) atoms. The number of hydrogen-bond acceptors (Lipinski definition) is 3. The molecule has 2 aromatic carbocycles. The van der Waals surface area contributed by atoms with Gasteiger partial charge >= 0.3 is 6.03 Å². The number of carbonyl (C=O) groups is 2. The highest BCUT2D eigenvalue weighted by Gasteiger charge is 2.23. The van der Waals surface area contributed by atoms with Gasteiger partial charge in [0, 0.05) is 47.9 Å². The molecule has 1 aromatic heterocycles. The van der Waals surface area contributed by atoms with E-state index < -0.39 is 0 Å². The molecule has 4 rings (SSSR count). The predicted octanol–water partition coefficient (Wildman–Crippen LogP) is 2.97. The Labute approximate surface area is 162 Å². The Morgan fingerprint density at radius 2 is 2.00 bits per heavy atom. The van der Waals surface area contributed by atoms with Gasteiger partial charge in [0.15, 0.2) is 0 Å². The minimum Gasteiger partial charge on any atom is -0.508 e. The fourth-order valence-corrected chi connectivity index (χ4v) is 3.57. The van der Waals surface area contributed by atoms with Gasteiger partial charge in [-0.2, -0.15) is 0 Å². The summed E-state index contributed by atoms with van der Waals surface area (Å²) in [5.41, 5.74) is 3.98. The highest BCUT2D eigenvalue weighted by Crippen LogP contribution is 2.27. The average Bonchev–Trinajstić information content (AvgIpc) is 3.05. The number of rotatable bonds is 4. The zero-order valence-corrected chi connectivity index (χ0v) is 15.4. The fraction of sp³-hybridized carbons (Fsp3) is 0.238. The second-order valence-electron chi connectivity index (χ2n) is 6.88. The summed E-state index contributed by atoms with van der Waals surface area (Å²) in [6.07, 6.45) is 0.970. The largest absolute Gasteiger partial charge is 0.508 e. The lowest BCUT2D eigenvalue weighted by Crippen LogP contribution is -2.43. The monoisotopic (exact) mass is 378 g/mol. The third-order valence-electron chi connectivity index (χ3n) is 4.93. The molecular formula is C21H22N4O3. The minimum absolute atomic E-state index is 0.0903. The molecule has 0 saturated heterocycles. The van der Waals surface area contributed by atoms with Crippen molar-refractivity contribution >= 4 is 28.5 Å². The van der Waals surface area contributed by atoms with Crippen molar-refractivity contribution in [3.63, 3.8) is 0 Å². The summed E-state index contributed by atoms with van der Waals surface area (Å²) in [4.78, 5) is 29.6. The number of amides is 3. The summed E-state index contributed by atoms with van der Waals surface area (Å²) < 4.78 is 0. The van der Waals surface area contributed by atoms with Crippen molar-refractivity contribution in [2.75, 3.05) is 18.4 Å². The first kappa shape index (κ1) is 17.9. The van der Waals surface area contributed by atoms with Crippen LogP contribution in [0.3, 0.4) is 0 Å². The number of hydrogen-bond donors (Lipinski definition) is 4. The van der Waals surface area contributed by atoms with Crippen LogP contribution in [0.5, 0.6) is 5.75 Å². The number of nitrogens with zero attached hydrogens (tertiary/aromatic N) is 1. The van der Waals surface area contributed by atoms with Crippen LogP contribution in [-0.4, -0.2) is 40.0 Å². The molecule has 0 aliphatic carbocycles. The Bertz CT molecular complexity index is 1030. The number of H-pyrrole nitrogens is 1. The number of anilines is 1. The summed E-state index contributed by atoms with van der Waals surface area (Å²) in [7, 11) is 0. The second-order valence-corrected chi connectivity index (χ2v) is 6.88. The molecule has 7 heteroatoms. The minimum atomic E-state index is -0.220. The number of benzene rings is 2. The molecular weight excluding hydrogens is 356 g/mol. The van der Waals surface area contributed by atoms with Crippen molar-refractivity contribution in [3.8, 4) is 5.75 Å². The number of aromatic nitrogens is 1. The Morgan fingerprint density at radius 1 is 1.14 bits per heavy atom. The molecule has 7 nitrogen and oxygen atoms in total. The summed E-state index contributed by atoms with van der Waals surface area (Å²) in [6.45, 7) is 1.43. The van der Waals surface area contributed by atoms with Crippen LogP contribution in [0.1, 0.15) is 17.7 Å². The number of aromatic amines is 1. The van der Waals surface area contributed by atoms with E-state index in [0.29, 0.717) is 18.8 Å². The zero-order chi connectivity index (χ0) is 19.5. The molecule has 0 unspecified atom stereocenters. The van der Waals surface area contributed by atoms with Crippen molar-refractivity contribution < 1.29 is 14.7 Å². The van der Waals surface area contributed by atoms with E-state index in [2.05, 4.69) is 21.7 Å². The molecule has 0 spiro atoms. The third kappa shape index (κ3) is 3.78. The van der Waals surface area contributed by atoms with Crippen molar-refractivity contribution in [2.45, 2.75) is 19.4 Å². The van der Waals surface area contributed by atoms with Gasteiger partial charge in [-0.15, -0.1) is 0 Å². The molecule has 0 radical (unpaired) electrons. The van der Waals surface area contributed by atoms with Gasteiger partial charge in [0.1, 0.15) is 5.75 Å². The van der Waals surface area contributed by atoms with Gasteiger partial charge in [-0.05, 0) is 30.2 Å². The highest BCUT2D eigenvalue weighted by molar-refractivity contribution is 5.91. The SMILES string of the molecule is O=C(CCNC(=O)N1CCc2c([nH]c3ccccc23)C1)Nc1cccc(O)c1. The van der Waals surface area contributed by atoms with Gasteiger partial charge in [0.25, 0.3) is 0 Å². The van der Waals surface area contributed by atoms with Crippen LogP contribution in [0.2, 0.25) is 0 Å². The van der Waals surface area contributed by atoms with Crippen LogP contribution in [0, 0.1) is 0 Å². The van der Waals surface area contributed by atoms with E-state index in [0.717, 1.165) is 17.6 Å². The van der Waals surface area contributed by atoms with Crippen molar-refractivity contribution in [3.05, 3.63) is 59.8 Å². The molecule has 4 N–H and O–H groups in total. The lowest BCUT2D eigenvalue weighted by atomic mass is 10.0. The summed E-state index contributed by atoms with van der Waals surface area (Å²) in [5, 5.41) is 16.1. The zero-order valence-electron chi connectivity index (χ0n) is 15.4. The van der Waals surface area contributed by atoms with Gasteiger partial charge < -0.3 is 25.6 Å². The van der Waals surface area contributed by atoms with Gasteiger partial charge in [0.2, 0.25) is 5.91 Å². The van der Waals surface area contributed by atoms with E-state index in [1.807, 2.05) is 18.2 Å². The predicted molar refractivity (Wildman–Crippen MR) is 107 cm³/mol. The van der Waals surface area contributed by atoms with Crippen LogP contribution in [0.4, 0.5) is 10.5 Å². The van der Waals surface area contributed by atoms with Crippen molar-refractivity contribution in [2.24, 2.45) is 0 Å². The van der Waals surface area contributed by atoms with Crippen molar-refractivity contribution in [1.82, 2.24) is 15.2 Å².